The Kier molecular flexibility index (Phi) is 3.22. The van der Waals surface area contributed by atoms with Gasteiger partial charge >= 0.3 is 0 Å². The van der Waals surface area contributed by atoms with Crippen LogP contribution in [0.4, 0.5) is 0 Å². The predicted octanol–water partition coefficient (Wildman–Crippen LogP) is 1.46. The summed E-state index contributed by atoms with van der Waals surface area (Å²) in [6, 6.07) is 0. The van der Waals surface area contributed by atoms with Crippen molar-refractivity contribution in [1.29, 1.82) is 0 Å². The van der Waals surface area contributed by atoms with Gasteiger partial charge < -0.3 is 10.1 Å². The van der Waals surface area contributed by atoms with Gasteiger partial charge in [0.05, 0.1) is 11.5 Å². The van der Waals surface area contributed by atoms with Gasteiger partial charge in [-0.2, -0.15) is 0 Å². The van der Waals surface area contributed by atoms with Gasteiger partial charge in [-0.25, -0.2) is 0 Å². The van der Waals surface area contributed by atoms with Crippen molar-refractivity contribution in [1.82, 2.24) is 5.32 Å². The topological polar surface area (TPSA) is 21.3 Å². The third kappa shape index (κ3) is 2.65. The van der Waals surface area contributed by atoms with Gasteiger partial charge in [0.2, 0.25) is 0 Å². The summed E-state index contributed by atoms with van der Waals surface area (Å²) in [6.45, 7) is 9.22. The van der Waals surface area contributed by atoms with Gasteiger partial charge in [0.1, 0.15) is 0 Å². The summed E-state index contributed by atoms with van der Waals surface area (Å²) in [5.41, 5.74) is 0. The zero-order valence-corrected chi connectivity index (χ0v) is 8.33. The van der Waals surface area contributed by atoms with Crippen molar-refractivity contribution in [2.24, 2.45) is 0 Å². The summed E-state index contributed by atoms with van der Waals surface area (Å²) in [4.78, 5) is 0.162. The Morgan fingerprint density at radius 3 is 2.91 bits per heavy atom. The van der Waals surface area contributed by atoms with E-state index in [2.05, 4.69) is 19.2 Å². The standard InChI is InChI=1S/C8H17NOS/c1-4-10-6-8(3)9-5-7(2)11-8/h7,9H,4-6H2,1-3H3. The Morgan fingerprint density at radius 1 is 1.73 bits per heavy atom. The first-order chi connectivity index (χ1) is 5.16. The minimum absolute atomic E-state index is 0.162. The Bertz CT molecular complexity index is 131. The van der Waals surface area contributed by atoms with E-state index in [0.717, 1.165) is 25.0 Å². The Morgan fingerprint density at radius 2 is 2.45 bits per heavy atom. The molecule has 0 spiro atoms. The molecule has 3 heteroatoms. The molecule has 1 rings (SSSR count). The average Bonchev–Trinajstić information content (AvgIpc) is 2.28. The molecule has 0 aromatic rings. The Labute approximate surface area is 73.1 Å². The lowest BCUT2D eigenvalue weighted by molar-refractivity contribution is 0.120. The number of rotatable bonds is 3. The van der Waals surface area contributed by atoms with Gasteiger partial charge in [-0.05, 0) is 13.8 Å². The monoisotopic (exact) mass is 175 g/mol. The lowest BCUT2D eigenvalue weighted by atomic mass is 10.3. The number of ether oxygens (including phenoxy) is 1. The molecule has 2 unspecified atom stereocenters. The number of nitrogens with one attached hydrogen (secondary N) is 1. The molecule has 1 saturated heterocycles. The highest BCUT2D eigenvalue weighted by Gasteiger charge is 2.32. The van der Waals surface area contributed by atoms with Gasteiger partial charge in [0, 0.05) is 18.4 Å². The molecule has 2 atom stereocenters. The van der Waals surface area contributed by atoms with Crippen LogP contribution in [-0.4, -0.2) is 29.9 Å². The van der Waals surface area contributed by atoms with E-state index < -0.39 is 0 Å². The van der Waals surface area contributed by atoms with Gasteiger partial charge in [0.25, 0.3) is 0 Å². The van der Waals surface area contributed by atoms with E-state index >= 15 is 0 Å². The maximum Gasteiger partial charge on any atom is 0.0856 e. The first kappa shape index (κ1) is 9.36. The number of thioether (sulfide) groups is 1. The summed E-state index contributed by atoms with van der Waals surface area (Å²) in [6.07, 6.45) is 0. The lowest BCUT2D eigenvalue weighted by Crippen LogP contribution is -2.38. The van der Waals surface area contributed by atoms with Crippen LogP contribution in [0.15, 0.2) is 0 Å². The second-order valence-electron chi connectivity index (χ2n) is 3.18. The highest BCUT2D eigenvalue weighted by Crippen LogP contribution is 2.32. The molecular weight excluding hydrogens is 158 g/mol. The second-order valence-corrected chi connectivity index (χ2v) is 5.12. The van der Waals surface area contributed by atoms with Crippen LogP contribution < -0.4 is 5.32 Å². The van der Waals surface area contributed by atoms with Crippen LogP contribution in [-0.2, 0) is 4.74 Å². The summed E-state index contributed by atoms with van der Waals surface area (Å²) < 4.78 is 5.39. The highest BCUT2D eigenvalue weighted by atomic mass is 32.2. The molecule has 0 amide bonds. The minimum Gasteiger partial charge on any atom is -0.379 e. The van der Waals surface area contributed by atoms with Crippen molar-refractivity contribution < 1.29 is 4.74 Å². The predicted molar refractivity (Wildman–Crippen MR) is 50.0 cm³/mol. The molecule has 0 saturated carbocycles. The zero-order chi connectivity index (χ0) is 8.32. The summed E-state index contributed by atoms with van der Waals surface area (Å²) >= 11 is 1.97. The van der Waals surface area contributed by atoms with Crippen LogP contribution in [0, 0.1) is 0 Å². The van der Waals surface area contributed by atoms with Crippen molar-refractivity contribution in [3.05, 3.63) is 0 Å². The number of hydrogen-bond acceptors (Lipinski definition) is 3. The smallest absolute Gasteiger partial charge is 0.0856 e. The molecule has 11 heavy (non-hydrogen) atoms. The quantitative estimate of drug-likeness (QED) is 0.702. The minimum atomic E-state index is 0.162. The molecule has 1 fully saturated rings. The molecule has 0 aromatic carbocycles. The van der Waals surface area contributed by atoms with Crippen LogP contribution in [0.2, 0.25) is 0 Å². The van der Waals surface area contributed by atoms with Crippen molar-refractivity contribution in [2.45, 2.75) is 30.9 Å². The van der Waals surface area contributed by atoms with E-state index in [9.17, 15) is 0 Å². The zero-order valence-electron chi connectivity index (χ0n) is 7.52. The van der Waals surface area contributed by atoms with Crippen molar-refractivity contribution in [3.63, 3.8) is 0 Å². The fourth-order valence-corrected chi connectivity index (χ4v) is 2.64. The van der Waals surface area contributed by atoms with Gasteiger partial charge in [0.15, 0.2) is 0 Å². The van der Waals surface area contributed by atoms with E-state index in [4.69, 9.17) is 4.74 Å². The van der Waals surface area contributed by atoms with Gasteiger partial charge in [-0.1, -0.05) is 6.92 Å². The number of hydrogen-bond donors (Lipinski definition) is 1. The molecule has 1 heterocycles. The van der Waals surface area contributed by atoms with E-state index in [1.807, 2.05) is 18.7 Å². The van der Waals surface area contributed by atoms with Gasteiger partial charge in [-0.15, -0.1) is 11.8 Å². The first-order valence-corrected chi connectivity index (χ1v) is 5.05. The van der Waals surface area contributed by atoms with E-state index in [1.165, 1.54) is 0 Å². The largest absolute Gasteiger partial charge is 0.379 e. The van der Waals surface area contributed by atoms with E-state index in [0.29, 0.717) is 0 Å². The average molecular weight is 175 g/mol. The second kappa shape index (κ2) is 3.78. The first-order valence-electron chi connectivity index (χ1n) is 4.17. The van der Waals surface area contributed by atoms with Crippen molar-refractivity contribution in [3.8, 4) is 0 Å². The van der Waals surface area contributed by atoms with E-state index in [1.54, 1.807) is 0 Å². The van der Waals surface area contributed by atoms with Crippen LogP contribution in [0.25, 0.3) is 0 Å². The highest BCUT2D eigenvalue weighted by molar-refractivity contribution is 8.01. The molecule has 0 aliphatic carbocycles. The van der Waals surface area contributed by atoms with Crippen LogP contribution in [0.5, 0.6) is 0 Å². The molecule has 1 aliphatic heterocycles. The SMILES string of the molecule is CCOCC1(C)NCC(C)S1. The molecular formula is C8H17NOS. The summed E-state index contributed by atoms with van der Waals surface area (Å²) in [5.74, 6) is 0. The Hall–Kier alpha value is 0.270. The molecule has 0 bridgehead atoms. The molecule has 1 aliphatic rings. The molecule has 2 nitrogen and oxygen atoms in total. The lowest BCUT2D eigenvalue weighted by Gasteiger charge is -2.22. The van der Waals surface area contributed by atoms with E-state index in [-0.39, 0.29) is 4.87 Å². The van der Waals surface area contributed by atoms with Crippen LogP contribution in [0.1, 0.15) is 20.8 Å². The van der Waals surface area contributed by atoms with Crippen molar-refractivity contribution in [2.75, 3.05) is 19.8 Å². The molecule has 0 aromatic heterocycles. The maximum atomic E-state index is 5.39. The Balaban J connectivity index is 2.29. The molecule has 66 valence electrons. The molecule has 0 radical (unpaired) electrons. The fourth-order valence-electron chi connectivity index (χ4n) is 1.27. The fraction of sp³-hybridized carbons (Fsp3) is 1.00. The normalized spacial score (nSPS) is 37.9. The third-order valence-electron chi connectivity index (χ3n) is 1.81. The van der Waals surface area contributed by atoms with Crippen molar-refractivity contribution >= 4 is 11.8 Å². The summed E-state index contributed by atoms with van der Waals surface area (Å²) in [5, 5.41) is 4.18. The summed E-state index contributed by atoms with van der Waals surface area (Å²) in [7, 11) is 0. The van der Waals surface area contributed by atoms with Crippen LogP contribution >= 0.6 is 11.8 Å². The van der Waals surface area contributed by atoms with Gasteiger partial charge in [-0.3, -0.25) is 0 Å². The van der Waals surface area contributed by atoms with Crippen LogP contribution in [0.3, 0.4) is 0 Å². The third-order valence-corrected chi connectivity index (χ3v) is 3.16. The maximum absolute atomic E-state index is 5.39. The molecule has 1 N–H and O–H groups in total.